The van der Waals surface area contributed by atoms with Crippen LogP contribution < -0.4 is 10.3 Å². The van der Waals surface area contributed by atoms with Gasteiger partial charge in [-0.3, -0.25) is 19.8 Å². The summed E-state index contributed by atoms with van der Waals surface area (Å²) >= 11 is 12.4. The summed E-state index contributed by atoms with van der Waals surface area (Å²) in [5.74, 6) is -1.34. The molecule has 0 saturated carbocycles. The Kier molecular flexibility index (Phi) is 5.64. The number of nitrogens with zero attached hydrogens (tertiary/aromatic N) is 2. The third-order valence-corrected chi connectivity index (χ3v) is 6.40. The molecule has 152 valence electrons. The Morgan fingerprint density at radius 2 is 1.80 bits per heavy atom. The number of thiocarbonyl (C=S) groups is 1. The standard InChI is InChI=1S/C21H16ClN3O3S2/c1-2-11-24-15-10-6-4-8-13(15)16(19(24)27)17-20(28)25(21(29)30-17)23-18(26)12-7-3-5-9-14(12)22/h3-10H,2,11H2,1H3,(H,23,26). The second-order valence-electron chi connectivity index (χ2n) is 6.61. The molecule has 0 atom stereocenters. The quantitative estimate of drug-likeness (QED) is 0.555. The van der Waals surface area contributed by atoms with E-state index in [9.17, 15) is 14.4 Å². The summed E-state index contributed by atoms with van der Waals surface area (Å²) in [5.41, 5.74) is 4.49. The molecule has 2 aliphatic rings. The fourth-order valence-corrected chi connectivity index (χ4v) is 4.84. The van der Waals surface area contributed by atoms with Gasteiger partial charge < -0.3 is 4.90 Å². The van der Waals surface area contributed by atoms with Gasteiger partial charge in [0.1, 0.15) is 0 Å². The second kappa shape index (κ2) is 8.22. The van der Waals surface area contributed by atoms with Gasteiger partial charge in [0, 0.05) is 12.1 Å². The Bertz CT molecular complexity index is 1130. The van der Waals surface area contributed by atoms with E-state index in [1.54, 1.807) is 29.2 Å². The maximum atomic E-state index is 13.1. The number of thioether (sulfide) groups is 1. The minimum absolute atomic E-state index is 0.141. The molecule has 2 aromatic rings. The van der Waals surface area contributed by atoms with Crippen LogP contribution in [0.25, 0.3) is 5.57 Å². The molecule has 4 rings (SSSR count). The summed E-state index contributed by atoms with van der Waals surface area (Å²) in [4.78, 5) is 40.7. The van der Waals surface area contributed by atoms with E-state index in [2.05, 4.69) is 5.43 Å². The van der Waals surface area contributed by atoms with Crippen LogP contribution in [0.5, 0.6) is 0 Å². The van der Waals surface area contributed by atoms with Gasteiger partial charge in [-0.25, -0.2) is 0 Å². The van der Waals surface area contributed by atoms with E-state index in [1.807, 2.05) is 31.2 Å². The van der Waals surface area contributed by atoms with E-state index >= 15 is 0 Å². The number of carbonyl (C=O) groups excluding carboxylic acids is 3. The van der Waals surface area contributed by atoms with E-state index < -0.39 is 11.8 Å². The van der Waals surface area contributed by atoms with Crippen LogP contribution in [0.4, 0.5) is 5.69 Å². The number of carbonyl (C=O) groups is 3. The molecule has 2 heterocycles. The summed E-state index contributed by atoms with van der Waals surface area (Å²) in [5, 5.41) is 1.25. The van der Waals surface area contributed by atoms with Crippen LogP contribution in [0.3, 0.4) is 0 Å². The van der Waals surface area contributed by atoms with E-state index in [0.717, 1.165) is 28.9 Å². The number of anilines is 1. The van der Waals surface area contributed by atoms with Crippen molar-refractivity contribution in [2.45, 2.75) is 13.3 Å². The van der Waals surface area contributed by atoms with Gasteiger partial charge in [-0.15, -0.1) is 0 Å². The summed E-state index contributed by atoms with van der Waals surface area (Å²) in [7, 11) is 0. The molecule has 1 N–H and O–H groups in total. The number of hydrogen-bond donors (Lipinski definition) is 1. The monoisotopic (exact) mass is 457 g/mol. The Morgan fingerprint density at radius 1 is 1.10 bits per heavy atom. The highest BCUT2D eigenvalue weighted by molar-refractivity contribution is 8.26. The highest BCUT2D eigenvalue weighted by Gasteiger charge is 2.42. The maximum Gasteiger partial charge on any atom is 0.286 e. The lowest BCUT2D eigenvalue weighted by atomic mass is 10.1. The van der Waals surface area contributed by atoms with Gasteiger partial charge in [0.05, 0.1) is 26.8 Å². The first-order valence-electron chi connectivity index (χ1n) is 9.21. The predicted molar refractivity (Wildman–Crippen MR) is 122 cm³/mol. The van der Waals surface area contributed by atoms with Crippen molar-refractivity contribution in [3.63, 3.8) is 0 Å². The smallest absolute Gasteiger partial charge is 0.286 e. The minimum atomic E-state index is -0.561. The molecular formula is C21H16ClN3O3S2. The van der Waals surface area contributed by atoms with Crippen molar-refractivity contribution in [2.75, 3.05) is 11.4 Å². The van der Waals surface area contributed by atoms with E-state index in [-0.39, 0.29) is 25.7 Å². The average molecular weight is 458 g/mol. The highest BCUT2D eigenvalue weighted by Crippen LogP contribution is 2.44. The first-order valence-corrected chi connectivity index (χ1v) is 10.8. The van der Waals surface area contributed by atoms with Gasteiger partial charge in [-0.2, -0.15) is 5.01 Å². The Balaban J connectivity index is 1.69. The topological polar surface area (TPSA) is 69.7 Å². The fourth-order valence-electron chi connectivity index (χ4n) is 3.37. The summed E-state index contributed by atoms with van der Waals surface area (Å²) < 4.78 is 0.141. The lowest BCUT2D eigenvalue weighted by Crippen LogP contribution is -2.45. The molecule has 1 fully saturated rings. The number of amides is 3. The van der Waals surface area contributed by atoms with Crippen molar-refractivity contribution in [3.05, 3.63) is 69.6 Å². The second-order valence-corrected chi connectivity index (χ2v) is 8.66. The SMILES string of the molecule is CCCN1C(=O)C(=C2SC(=S)N(NC(=O)c3ccccc3Cl)C2=O)c2ccccc21. The molecule has 30 heavy (non-hydrogen) atoms. The van der Waals surface area contributed by atoms with Crippen LogP contribution in [0.15, 0.2) is 53.4 Å². The molecule has 6 nitrogen and oxygen atoms in total. The zero-order valence-electron chi connectivity index (χ0n) is 15.8. The van der Waals surface area contributed by atoms with Crippen LogP contribution in [0.2, 0.25) is 5.02 Å². The van der Waals surface area contributed by atoms with Gasteiger partial charge in [0.2, 0.25) is 0 Å². The number of rotatable bonds is 4. The first kappa shape index (κ1) is 20.6. The van der Waals surface area contributed by atoms with Gasteiger partial charge in [-0.1, -0.05) is 60.6 Å². The fraction of sp³-hybridized carbons (Fsp3) is 0.143. The van der Waals surface area contributed by atoms with Gasteiger partial charge >= 0.3 is 0 Å². The third-order valence-electron chi connectivity index (χ3n) is 4.70. The summed E-state index contributed by atoms with van der Waals surface area (Å²) in [6, 6.07) is 13.8. The van der Waals surface area contributed by atoms with Crippen molar-refractivity contribution in [1.29, 1.82) is 0 Å². The zero-order valence-corrected chi connectivity index (χ0v) is 18.2. The Labute approximate surface area is 187 Å². The summed E-state index contributed by atoms with van der Waals surface area (Å²) in [6.07, 6.45) is 0.780. The molecule has 0 radical (unpaired) electrons. The van der Waals surface area contributed by atoms with Crippen molar-refractivity contribution in [2.24, 2.45) is 0 Å². The average Bonchev–Trinajstić information content (AvgIpc) is 3.16. The zero-order chi connectivity index (χ0) is 21.4. The third kappa shape index (κ3) is 3.40. The number of fused-ring (bicyclic) bond motifs is 1. The number of para-hydroxylation sites is 1. The van der Waals surface area contributed by atoms with Crippen LogP contribution in [-0.4, -0.2) is 33.6 Å². The molecule has 0 bridgehead atoms. The van der Waals surface area contributed by atoms with Crippen molar-refractivity contribution in [1.82, 2.24) is 10.4 Å². The number of halogens is 1. The molecule has 2 aliphatic heterocycles. The lowest BCUT2D eigenvalue weighted by Gasteiger charge is -2.16. The number of hydrogen-bond acceptors (Lipinski definition) is 5. The molecule has 0 unspecified atom stereocenters. The van der Waals surface area contributed by atoms with Gasteiger partial charge in [-0.05, 0) is 36.8 Å². The number of benzene rings is 2. The van der Waals surface area contributed by atoms with Crippen LogP contribution in [0, 0.1) is 0 Å². The molecule has 2 aromatic carbocycles. The van der Waals surface area contributed by atoms with E-state index in [0.29, 0.717) is 17.7 Å². The molecule has 3 amide bonds. The van der Waals surface area contributed by atoms with Gasteiger partial charge in [0.25, 0.3) is 17.7 Å². The molecule has 9 heteroatoms. The van der Waals surface area contributed by atoms with Crippen LogP contribution >= 0.6 is 35.6 Å². The van der Waals surface area contributed by atoms with E-state index in [4.69, 9.17) is 23.8 Å². The van der Waals surface area contributed by atoms with Crippen molar-refractivity contribution in [3.8, 4) is 0 Å². The predicted octanol–water partition coefficient (Wildman–Crippen LogP) is 4.01. The van der Waals surface area contributed by atoms with Crippen molar-refractivity contribution >= 4 is 68.9 Å². The Hall–Kier alpha value is -2.68. The van der Waals surface area contributed by atoms with Crippen molar-refractivity contribution < 1.29 is 14.4 Å². The lowest BCUT2D eigenvalue weighted by molar-refractivity contribution is -0.124. The molecule has 0 spiro atoms. The highest BCUT2D eigenvalue weighted by atomic mass is 35.5. The number of hydrazine groups is 1. The number of nitrogens with one attached hydrogen (secondary N) is 1. The maximum absolute atomic E-state index is 13.1. The molecule has 0 aliphatic carbocycles. The molecule has 1 saturated heterocycles. The van der Waals surface area contributed by atoms with Crippen LogP contribution in [0.1, 0.15) is 29.3 Å². The largest absolute Gasteiger partial charge is 0.308 e. The Morgan fingerprint density at radius 3 is 2.53 bits per heavy atom. The summed E-state index contributed by atoms with van der Waals surface area (Å²) in [6.45, 7) is 2.53. The molecule has 0 aromatic heterocycles. The molecular weight excluding hydrogens is 442 g/mol. The normalized spacial score (nSPS) is 18.3. The first-order chi connectivity index (χ1) is 14.4. The van der Waals surface area contributed by atoms with Crippen LogP contribution in [-0.2, 0) is 9.59 Å². The van der Waals surface area contributed by atoms with Gasteiger partial charge in [0.15, 0.2) is 4.32 Å². The minimum Gasteiger partial charge on any atom is -0.308 e. The van der Waals surface area contributed by atoms with E-state index in [1.165, 1.54) is 0 Å².